The van der Waals surface area contributed by atoms with E-state index in [1.807, 2.05) is 42.5 Å². The maximum absolute atomic E-state index is 5.41. The van der Waals surface area contributed by atoms with Crippen molar-refractivity contribution < 1.29 is 9.47 Å². The number of benzene rings is 1. The van der Waals surface area contributed by atoms with Crippen LogP contribution in [0, 0.1) is 0 Å². The lowest BCUT2D eigenvalue weighted by Crippen LogP contribution is -2.23. The van der Waals surface area contributed by atoms with Gasteiger partial charge in [-0.05, 0) is 37.1 Å². The maximum atomic E-state index is 5.41. The van der Waals surface area contributed by atoms with E-state index in [1.165, 1.54) is 19.3 Å². The molecule has 1 aliphatic carbocycles. The Kier molecular flexibility index (Phi) is 6.27. The Bertz CT molecular complexity index is 975. The van der Waals surface area contributed by atoms with Gasteiger partial charge in [0.15, 0.2) is 11.5 Å². The minimum absolute atomic E-state index is 0.409. The molecule has 30 heavy (non-hydrogen) atoms. The van der Waals surface area contributed by atoms with E-state index in [1.54, 1.807) is 20.4 Å². The largest absolute Gasteiger partial charge is 0.493 e. The van der Waals surface area contributed by atoms with Gasteiger partial charge in [-0.3, -0.25) is 4.98 Å². The van der Waals surface area contributed by atoms with Crippen LogP contribution in [0.2, 0.25) is 0 Å². The lowest BCUT2D eigenvalue weighted by Gasteiger charge is -2.23. The summed E-state index contributed by atoms with van der Waals surface area (Å²) in [5.41, 5.74) is 2.43. The fraction of sp³-hybridized carbons (Fsp3) is 0.348. The number of nitrogens with zero attached hydrogens (tertiary/aromatic N) is 3. The third kappa shape index (κ3) is 4.79. The number of nitrogens with one attached hydrogen (secondary N) is 2. The van der Waals surface area contributed by atoms with Gasteiger partial charge in [-0.25, -0.2) is 4.98 Å². The van der Waals surface area contributed by atoms with Crippen LogP contribution in [0.15, 0.2) is 48.7 Å². The molecule has 0 radical (unpaired) electrons. The van der Waals surface area contributed by atoms with E-state index in [-0.39, 0.29) is 0 Å². The molecule has 0 aliphatic heterocycles. The first-order valence-electron chi connectivity index (χ1n) is 10.3. The molecule has 7 heteroatoms. The highest BCUT2D eigenvalue weighted by molar-refractivity contribution is 5.67. The number of anilines is 3. The zero-order chi connectivity index (χ0) is 20.8. The molecule has 1 aliphatic rings. The molecule has 4 rings (SSSR count). The van der Waals surface area contributed by atoms with E-state index in [2.05, 4.69) is 15.6 Å². The van der Waals surface area contributed by atoms with Gasteiger partial charge in [0.1, 0.15) is 5.82 Å². The smallest absolute Gasteiger partial charge is 0.225 e. The second-order valence-corrected chi connectivity index (χ2v) is 7.35. The summed E-state index contributed by atoms with van der Waals surface area (Å²) < 4.78 is 10.7. The van der Waals surface area contributed by atoms with Crippen molar-refractivity contribution in [1.29, 1.82) is 0 Å². The molecule has 1 aromatic carbocycles. The van der Waals surface area contributed by atoms with Crippen molar-refractivity contribution in [2.75, 3.05) is 24.9 Å². The third-order valence-corrected chi connectivity index (χ3v) is 5.25. The van der Waals surface area contributed by atoms with Crippen LogP contribution in [0.4, 0.5) is 17.5 Å². The van der Waals surface area contributed by atoms with Gasteiger partial charge in [0.05, 0.1) is 25.6 Å². The zero-order valence-electron chi connectivity index (χ0n) is 17.4. The number of pyridine rings is 1. The van der Waals surface area contributed by atoms with E-state index in [4.69, 9.17) is 19.4 Å². The van der Waals surface area contributed by atoms with Crippen LogP contribution >= 0.6 is 0 Å². The van der Waals surface area contributed by atoms with Gasteiger partial charge < -0.3 is 20.1 Å². The van der Waals surface area contributed by atoms with Crippen LogP contribution in [0.25, 0.3) is 11.4 Å². The summed E-state index contributed by atoms with van der Waals surface area (Å²) in [5.74, 6) is 2.64. The summed E-state index contributed by atoms with van der Waals surface area (Å²) in [4.78, 5) is 13.9. The second-order valence-electron chi connectivity index (χ2n) is 7.35. The molecule has 156 valence electrons. The molecular formula is C23H27N5O2. The summed E-state index contributed by atoms with van der Waals surface area (Å²) in [6, 6.07) is 13.8. The number of ether oxygens (including phenoxy) is 2. The molecule has 7 nitrogen and oxygen atoms in total. The highest BCUT2D eigenvalue weighted by Crippen LogP contribution is 2.31. The first-order chi connectivity index (χ1) is 14.7. The van der Waals surface area contributed by atoms with E-state index in [9.17, 15) is 0 Å². The topological polar surface area (TPSA) is 81.2 Å². The van der Waals surface area contributed by atoms with Crippen LogP contribution in [0.1, 0.15) is 32.1 Å². The number of hydrogen-bond donors (Lipinski definition) is 2. The highest BCUT2D eigenvalue weighted by atomic mass is 16.5. The van der Waals surface area contributed by atoms with Crippen LogP contribution in [0.3, 0.4) is 0 Å². The Morgan fingerprint density at radius 3 is 2.43 bits per heavy atom. The predicted octanol–water partition coefficient (Wildman–Crippen LogP) is 5.04. The molecule has 2 N–H and O–H groups in total. The Morgan fingerprint density at radius 1 is 0.867 bits per heavy atom. The van der Waals surface area contributed by atoms with Crippen LogP contribution < -0.4 is 20.1 Å². The molecule has 0 amide bonds. The molecular weight excluding hydrogens is 378 g/mol. The lowest BCUT2D eigenvalue weighted by molar-refractivity contribution is 0.355. The van der Waals surface area contributed by atoms with Gasteiger partial charge in [0.25, 0.3) is 0 Å². The molecule has 0 saturated heterocycles. The molecule has 0 atom stereocenters. The van der Waals surface area contributed by atoms with Gasteiger partial charge in [-0.1, -0.05) is 25.3 Å². The van der Waals surface area contributed by atoms with Crippen LogP contribution in [-0.4, -0.2) is 35.2 Å². The van der Waals surface area contributed by atoms with Gasteiger partial charge in [-0.2, -0.15) is 4.98 Å². The van der Waals surface area contributed by atoms with Crippen molar-refractivity contribution in [3.05, 3.63) is 48.7 Å². The summed E-state index contributed by atoms with van der Waals surface area (Å²) in [6.07, 6.45) is 7.86. The van der Waals surface area contributed by atoms with Crippen molar-refractivity contribution in [2.45, 2.75) is 38.1 Å². The molecule has 1 saturated carbocycles. The van der Waals surface area contributed by atoms with Crippen LogP contribution in [-0.2, 0) is 0 Å². The fourth-order valence-electron chi connectivity index (χ4n) is 3.71. The van der Waals surface area contributed by atoms with E-state index < -0.39 is 0 Å². The number of methoxy groups -OCH3 is 2. The summed E-state index contributed by atoms with van der Waals surface area (Å²) in [5, 5.41) is 6.89. The number of hydrogen-bond acceptors (Lipinski definition) is 7. The van der Waals surface area contributed by atoms with Gasteiger partial charge in [-0.15, -0.1) is 0 Å². The summed E-state index contributed by atoms with van der Waals surface area (Å²) in [7, 11) is 3.25. The minimum Gasteiger partial charge on any atom is -0.493 e. The quantitative estimate of drug-likeness (QED) is 0.570. The Morgan fingerprint density at radius 2 is 1.70 bits per heavy atom. The van der Waals surface area contributed by atoms with Crippen molar-refractivity contribution in [3.63, 3.8) is 0 Å². The highest BCUT2D eigenvalue weighted by Gasteiger charge is 2.16. The second kappa shape index (κ2) is 9.43. The fourth-order valence-corrected chi connectivity index (χ4v) is 3.71. The van der Waals surface area contributed by atoms with Crippen LogP contribution in [0.5, 0.6) is 11.5 Å². The molecule has 2 heterocycles. The normalized spacial score (nSPS) is 14.2. The summed E-state index contributed by atoms with van der Waals surface area (Å²) in [6.45, 7) is 0. The lowest BCUT2D eigenvalue weighted by atomic mass is 9.96. The molecule has 0 unspecified atom stereocenters. The van der Waals surface area contributed by atoms with Crippen molar-refractivity contribution >= 4 is 17.5 Å². The average molecular weight is 406 g/mol. The number of aromatic nitrogens is 3. The van der Waals surface area contributed by atoms with Gasteiger partial charge >= 0.3 is 0 Å². The Balaban J connectivity index is 1.65. The van der Waals surface area contributed by atoms with Gasteiger partial charge in [0.2, 0.25) is 5.95 Å². The number of rotatable bonds is 7. The maximum Gasteiger partial charge on any atom is 0.225 e. The first-order valence-corrected chi connectivity index (χ1v) is 10.3. The molecule has 0 spiro atoms. The van der Waals surface area contributed by atoms with E-state index >= 15 is 0 Å². The first kappa shape index (κ1) is 19.9. The zero-order valence-corrected chi connectivity index (χ0v) is 17.4. The standard InChI is InChI=1S/C23H27N5O2/c1-29-20-12-11-17(14-21(20)30-2)25-22-15-19(18-10-6-7-13-24-18)27-23(28-22)26-16-8-4-3-5-9-16/h6-7,10-16H,3-5,8-9H2,1-2H3,(H2,25,26,27,28). The third-order valence-electron chi connectivity index (χ3n) is 5.25. The average Bonchev–Trinajstić information content (AvgIpc) is 2.80. The Hall–Kier alpha value is -3.35. The Labute approximate surface area is 176 Å². The minimum atomic E-state index is 0.409. The van der Waals surface area contributed by atoms with Crippen molar-refractivity contribution in [3.8, 4) is 22.9 Å². The SMILES string of the molecule is COc1ccc(Nc2cc(-c3ccccn3)nc(NC3CCCCC3)n2)cc1OC. The predicted molar refractivity (Wildman–Crippen MR) is 119 cm³/mol. The summed E-state index contributed by atoms with van der Waals surface area (Å²) >= 11 is 0. The monoisotopic (exact) mass is 405 g/mol. The molecule has 3 aromatic rings. The van der Waals surface area contributed by atoms with Gasteiger partial charge in [0, 0.05) is 30.1 Å². The molecule has 2 aromatic heterocycles. The van der Waals surface area contributed by atoms with E-state index in [0.29, 0.717) is 29.3 Å². The van der Waals surface area contributed by atoms with E-state index in [0.717, 1.165) is 29.9 Å². The van der Waals surface area contributed by atoms with Crippen molar-refractivity contribution in [2.24, 2.45) is 0 Å². The van der Waals surface area contributed by atoms with Crippen molar-refractivity contribution in [1.82, 2.24) is 15.0 Å². The molecule has 1 fully saturated rings. The molecule has 0 bridgehead atoms.